The highest BCUT2D eigenvalue weighted by molar-refractivity contribution is 6.34. The molecule has 0 bridgehead atoms. The van der Waals surface area contributed by atoms with E-state index in [4.69, 9.17) is 11.6 Å². The number of anilines is 1. The Morgan fingerprint density at radius 1 is 0.852 bits per heavy atom. The van der Waals surface area contributed by atoms with Crippen molar-refractivity contribution in [2.45, 2.75) is 0 Å². The van der Waals surface area contributed by atoms with Gasteiger partial charge in [-0.1, -0.05) is 48.0 Å². The molecule has 0 N–H and O–H groups in total. The van der Waals surface area contributed by atoms with Gasteiger partial charge in [0.25, 0.3) is 5.91 Å². The number of nitrogens with zero attached hydrogens (tertiary/aromatic N) is 4. The molecule has 0 unspecified atom stereocenters. The van der Waals surface area contributed by atoms with E-state index in [-0.39, 0.29) is 5.91 Å². The lowest BCUT2D eigenvalue weighted by atomic mass is 10.0. The Morgan fingerprint density at radius 3 is 2.22 bits per heavy atom. The number of piperazine rings is 1. The summed E-state index contributed by atoms with van der Waals surface area (Å²) >= 11 is 6.44. The summed E-state index contributed by atoms with van der Waals surface area (Å²) in [6.45, 7) is 2.65. The van der Waals surface area contributed by atoms with Gasteiger partial charge < -0.3 is 9.80 Å². The smallest absolute Gasteiger partial charge is 0.255 e. The molecule has 1 aliphatic heterocycles. The van der Waals surface area contributed by atoms with Crippen LogP contribution < -0.4 is 4.90 Å². The van der Waals surface area contributed by atoms with E-state index in [2.05, 4.69) is 14.9 Å². The van der Waals surface area contributed by atoms with Gasteiger partial charge in [-0.25, -0.2) is 9.97 Å². The molecule has 5 nitrogen and oxygen atoms in total. The summed E-state index contributed by atoms with van der Waals surface area (Å²) in [5.41, 5.74) is 2.62. The predicted molar refractivity (Wildman–Crippen MR) is 107 cm³/mol. The van der Waals surface area contributed by atoms with E-state index in [9.17, 15) is 4.79 Å². The molecule has 1 fully saturated rings. The van der Waals surface area contributed by atoms with Crippen molar-refractivity contribution in [1.82, 2.24) is 14.9 Å². The summed E-state index contributed by atoms with van der Waals surface area (Å²) in [5.74, 6) is 0.670. The Bertz CT molecular complexity index is 925. The second kappa shape index (κ2) is 7.76. The number of amides is 1. The predicted octanol–water partition coefficient (Wildman–Crippen LogP) is 3.76. The van der Waals surface area contributed by atoms with Crippen molar-refractivity contribution in [1.29, 1.82) is 0 Å². The quantitative estimate of drug-likeness (QED) is 0.696. The van der Waals surface area contributed by atoms with Crippen LogP contribution in [0.25, 0.3) is 11.1 Å². The Hall–Kier alpha value is -2.92. The molecule has 3 aromatic rings. The summed E-state index contributed by atoms with van der Waals surface area (Å²) in [4.78, 5) is 25.4. The van der Waals surface area contributed by atoms with Gasteiger partial charge in [0.15, 0.2) is 0 Å². The van der Waals surface area contributed by atoms with Gasteiger partial charge in [-0.15, -0.1) is 0 Å². The fourth-order valence-electron chi connectivity index (χ4n) is 3.23. The van der Waals surface area contributed by atoms with Crippen LogP contribution in [0.15, 0.2) is 67.0 Å². The summed E-state index contributed by atoms with van der Waals surface area (Å²) in [6.07, 6.45) is 3.46. The topological polar surface area (TPSA) is 49.3 Å². The summed E-state index contributed by atoms with van der Waals surface area (Å²) < 4.78 is 0. The fourth-order valence-corrected chi connectivity index (χ4v) is 3.49. The highest BCUT2D eigenvalue weighted by Crippen LogP contribution is 2.26. The van der Waals surface area contributed by atoms with E-state index in [1.165, 1.54) is 0 Å². The van der Waals surface area contributed by atoms with Crippen molar-refractivity contribution >= 4 is 23.5 Å². The fraction of sp³-hybridized carbons (Fsp3) is 0.190. The van der Waals surface area contributed by atoms with E-state index in [1.54, 1.807) is 18.5 Å². The molecule has 1 amide bonds. The molecule has 2 heterocycles. The van der Waals surface area contributed by atoms with Crippen molar-refractivity contribution in [3.05, 3.63) is 77.6 Å². The Morgan fingerprint density at radius 2 is 1.56 bits per heavy atom. The zero-order valence-corrected chi connectivity index (χ0v) is 15.5. The van der Waals surface area contributed by atoms with Crippen molar-refractivity contribution in [2.24, 2.45) is 0 Å². The number of hydrogen-bond donors (Lipinski definition) is 0. The Labute approximate surface area is 163 Å². The second-order valence-electron chi connectivity index (χ2n) is 6.39. The van der Waals surface area contributed by atoms with Gasteiger partial charge in [-0.3, -0.25) is 4.79 Å². The van der Waals surface area contributed by atoms with Gasteiger partial charge in [-0.2, -0.15) is 0 Å². The molecule has 0 aliphatic carbocycles. The van der Waals surface area contributed by atoms with Crippen molar-refractivity contribution < 1.29 is 4.79 Å². The SMILES string of the molecule is O=C(c1ccc(-c2ccccc2)cc1Cl)N1CCN(c2ncccn2)CC1. The molecule has 1 aromatic heterocycles. The van der Waals surface area contributed by atoms with E-state index >= 15 is 0 Å². The molecule has 6 heteroatoms. The van der Waals surface area contributed by atoms with E-state index in [1.807, 2.05) is 53.4 Å². The molecule has 1 aliphatic rings. The molecule has 0 spiro atoms. The highest BCUT2D eigenvalue weighted by Gasteiger charge is 2.24. The van der Waals surface area contributed by atoms with Crippen LogP contribution in [-0.4, -0.2) is 47.0 Å². The number of benzene rings is 2. The molecule has 136 valence electrons. The number of aromatic nitrogens is 2. The van der Waals surface area contributed by atoms with Gasteiger partial charge in [0.05, 0.1) is 10.6 Å². The lowest BCUT2D eigenvalue weighted by molar-refractivity contribution is 0.0746. The zero-order valence-electron chi connectivity index (χ0n) is 14.8. The van der Waals surface area contributed by atoms with Crippen molar-refractivity contribution in [3.8, 4) is 11.1 Å². The largest absolute Gasteiger partial charge is 0.337 e. The third-order valence-corrected chi connectivity index (χ3v) is 5.02. The molecule has 0 radical (unpaired) electrons. The first-order valence-electron chi connectivity index (χ1n) is 8.88. The van der Waals surface area contributed by atoms with Crippen LogP contribution in [0.4, 0.5) is 5.95 Å². The third kappa shape index (κ3) is 3.78. The number of rotatable bonds is 3. The summed E-state index contributed by atoms with van der Waals surface area (Å²) in [5, 5.41) is 0.482. The van der Waals surface area contributed by atoms with Crippen LogP contribution in [0.2, 0.25) is 5.02 Å². The number of hydrogen-bond acceptors (Lipinski definition) is 4. The highest BCUT2D eigenvalue weighted by atomic mass is 35.5. The van der Waals surface area contributed by atoms with E-state index in [0.29, 0.717) is 42.7 Å². The maximum absolute atomic E-state index is 12.9. The maximum atomic E-state index is 12.9. The normalized spacial score (nSPS) is 14.3. The van der Waals surface area contributed by atoms with Crippen molar-refractivity contribution in [2.75, 3.05) is 31.1 Å². The van der Waals surface area contributed by atoms with Gasteiger partial charge in [0, 0.05) is 38.6 Å². The first kappa shape index (κ1) is 17.5. The Balaban J connectivity index is 1.46. The standard InChI is InChI=1S/C21H19ClN4O/c22-19-15-17(16-5-2-1-3-6-16)7-8-18(19)20(27)25-11-13-26(14-12-25)21-23-9-4-10-24-21/h1-10,15H,11-14H2. The van der Waals surface area contributed by atoms with Crippen LogP contribution in [0.5, 0.6) is 0 Å². The minimum Gasteiger partial charge on any atom is -0.337 e. The average Bonchev–Trinajstić information content (AvgIpc) is 2.74. The summed E-state index contributed by atoms with van der Waals surface area (Å²) in [7, 11) is 0. The molecule has 1 saturated heterocycles. The first-order valence-corrected chi connectivity index (χ1v) is 9.26. The second-order valence-corrected chi connectivity index (χ2v) is 6.80. The maximum Gasteiger partial charge on any atom is 0.255 e. The molecule has 27 heavy (non-hydrogen) atoms. The molecule has 0 atom stereocenters. The summed E-state index contributed by atoms with van der Waals surface area (Å²) in [6, 6.07) is 17.4. The van der Waals surface area contributed by atoms with Crippen molar-refractivity contribution in [3.63, 3.8) is 0 Å². The van der Waals surface area contributed by atoms with Crippen LogP contribution in [0.3, 0.4) is 0 Å². The van der Waals surface area contributed by atoms with Gasteiger partial charge in [0.1, 0.15) is 0 Å². The minimum absolute atomic E-state index is 0.0340. The van der Waals surface area contributed by atoms with Crippen LogP contribution in [0, 0.1) is 0 Å². The molecule has 2 aromatic carbocycles. The number of halogens is 1. The lowest BCUT2D eigenvalue weighted by Crippen LogP contribution is -2.49. The molecular weight excluding hydrogens is 360 g/mol. The minimum atomic E-state index is -0.0340. The van der Waals surface area contributed by atoms with Crippen LogP contribution in [-0.2, 0) is 0 Å². The molecule has 4 rings (SSSR count). The zero-order chi connectivity index (χ0) is 18.6. The number of carbonyl (C=O) groups is 1. The third-order valence-electron chi connectivity index (χ3n) is 4.71. The van der Waals surface area contributed by atoms with Gasteiger partial charge >= 0.3 is 0 Å². The van der Waals surface area contributed by atoms with Crippen LogP contribution in [0.1, 0.15) is 10.4 Å². The Kier molecular flexibility index (Phi) is 5.03. The van der Waals surface area contributed by atoms with E-state index in [0.717, 1.165) is 11.1 Å². The molecular formula is C21H19ClN4O. The van der Waals surface area contributed by atoms with Gasteiger partial charge in [-0.05, 0) is 29.3 Å². The first-order chi connectivity index (χ1) is 13.2. The van der Waals surface area contributed by atoms with Gasteiger partial charge in [0.2, 0.25) is 5.95 Å². The van der Waals surface area contributed by atoms with E-state index < -0.39 is 0 Å². The average molecular weight is 379 g/mol. The molecule has 0 saturated carbocycles. The number of carbonyl (C=O) groups excluding carboxylic acids is 1. The monoisotopic (exact) mass is 378 g/mol. The van der Waals surface area contributed by atoms with Crippen LogP contribution >= 0.6 is 11.6 Å². The lowest BCUT2D eigenvalue weighted by Gasteiger charge is -2.34.